The van der Waals surface area contributed by atoms with Gasteiger partial charge in [0.1, 0.15) is 5.78 Å². The maximum Gasteiger partial charge on any atom is 0.222 e. The van der Waals surface area contributed by atoms with Gasteiger partial charge in [-0.05, 0) is 6.42 Å². The van der Waals surface area contributed by atoms with E-state index in [4.69, 9.17) is 0 Å². The molecule has 0 saturated heterocycles. The Morgan fingerprint density at radius 3 is 2.07 bits per heavy atom. The first-order valence-electron chi connectivity index (χ1n) is 5.25. The van der Waals surface area contributed by atoms with Crippen molar-refractivity contribution in [3.05, 3.63) is 0 Å². The van der Waals surface area contributed by atoms with Crippen LogP contribution >= 0.6 is 0 Å². The molecular formula is C11H21NO2. The van der Waals surface area contributed by atoms with E-state index in [1.54, 1.807) is 0 Å². The van der Waals surface area contributed by atoms with Gasteiger partial charge in [0.25, 0.3) is 0 Å². The third kappa shape index (κ3) is 5.73. The van der Waals surface area contributed by atoms with E-state index in [2.05, 4.69) is 5.32 Å². The Morgan fingerprint density at radius 2 is 1.64 bits per heavy atom. The van der Waals surface area contributed by atoms with Crippen molar-refractivity contribution in [1.82, 2.24) is 5.32 Å². The molecule has 0 saturated carbocycles. The Balaban J connectivity index is 3.48. The predicted octanol–water partition coefficient (Wildman–Crippen LogP) is 1.76. The Bertz CT molecular complexity index is 175. The first-order valence-corrected chi connectivity index (χ1v) is 5.25. The fraction of sp³-hybridized carbons (Fsp3) is 0.818. The fourth-order valence-electron chi connectivity index (χ4n) is 0.967. The van der Waals surface area contributed by atoms with Crippen molar-refractivity contribution in [2.24, 2.45) is 11.8 Å². The number of carbonyl (C=O) groups is 2. The number of rotatable bonds is 6. The van der Waals surface area contributed by atoms with Crippen molar-refractivity contribution in [2.75, 3.05) is 6.54 Å². The molecule has 0 radical (unpaired) electrons. The van der Waals surface area contributed by atoms with E-state index in [-0.39, 0.29) is 23.5 Å². The fourth-order valence-corrected chi connectivity index (χ4v) is 0.967. The van der Waals surface area contributed by atoms with E-state index in [0.717, 1.165) is 6.42 Å². The van der Waals surface area contributed by atoms with E-state index in [9.17, 15) is 9.59 Å². The van der Waals surface area contributed by atoms with Crippen molar-refractivity contribution >= 4 is 11.7 Å². The molecule has 0 aliphatic carbocycles. The smallest absolute Gasteiger partial charge is 0.222 e. The van der Waals surface area contributed by atoms with Crippen LogP contribution in [0.25, 0.3) is 0 Å². The van der Waals surface area contributed by atoms with E-state index in [0.29, 0.717) is 13.0 Å². The van der Waals surface area contributed by atoms with Crippen LogP contribution in [0.15, 0.2) is 0 Å². The number of hydrogen-bond acceptors (Lipinski definition) is 2. The van der Waals surface area contributed by atoms with Crippen LogP contribution < -0.4 is 5.32 Å². The van der Waals surface area contributed by atoms with Gasteiger partial charge in [0.05, 0.1) is 0 Å². The lowest BCUT2D eigenvalue weighted by molar-refractivity contribution is -0.125. The summed E-state index contributed by atoms with van der Waals surface area (Å²) in [5.74, 6) is 0.456. The molecule has 0 aromatic rings. The van der Waals surface area contributed by atoms with Gasteiger partial charge >= 0.3 is 0 Å². The first kappa shape index (κ1) is 13.1. The van der Waals surface area contributed by atoms with Crippen molar-refractivity contribution in [3.63, 3.8) is 0 Å². The highest BCUT2D eigenvalue weighted by molar-refractivity contribution is 5.80. The minimum absolute atomic E-state index is 0.0239. The van der Waals surface area contributed by atoms with Gasteiger partial charge in [-0.2, -0.15) is 0 Å². The summed E-state index contributed by atoms with van der Waals surface area (Å²) in [7, 11) is 0. The molecule has 0 spiro atoms. The summed E-state index contributed by atoms with van der Waals surface area (Å²) in [4.78, 5) is 22.3. The Kier molecular flexibility index (Phi) is 6.17. The van der Waals surface area contributed by atoms with Crippen molar-refractivity contribution < 1.29 is 9.59 Å². The molecule has 0 fully saturated rings. The average molecular weight is 199 g/mol. The second-order valence-corrected chi connectivity index (χ2v) is 4.17. The van der Waals surface area contributed by atoms with Crippen LogP contribution in [0.4, 0.5) is 0 Å². The van der Waals surface area contributed by atoms with Gasteiger partial charge in [-0.3, -0.25) is 9.59 Å². The summed E-state index contributed by atoms with van der Waals surface area (Å²) in [5.41, 5.74) is 0. The molecule has 1 N–H and O–H groups in total. The monoisotopic (exact) mass is 199 g/mol. The van der Waals surface area contributed by atoms with E-state index in [1.165, 1.54) is 0 Å². The van der Waals surface area contributed by atoms with Crippen LogP contribution in [0.1, 0.15) is 40.5 Å². The number of carbonyl (C=O) groups excluding carboxylic acids is 2. The number of hydrogen-bond donors (Lipinski definition) is 1. The van der Waals surface area contributed by atoms with Crippen LogP contribution in [0.5, 0.6) is 0 Å². The van der Waals surface area contributed by atoms with Crippen LogP contribution in [-0.2, 0) is 9.59 Å². The highest BCUT2D eigenvalue weighted by Crippen LogP contribution is 2.01. The zero-order valence-electron chi connectivity index (χ0n) is 9.59. The van der Waals surface area contributed by atoms with Gasteiger partial charge in [0.15, 0.2) is 0 Å². The Labute approximate surface area is 86.3 Å². The summed E-state index contributed by atoms with van der Waals surface area (Å²) in [6.07, 6.45) is 1.31. The normalized spacial score (nSPS) is 10.7. The zero-order chi connectivity index (χ0) is 11.1. The molecule has 82 valence electrons. The molecule has 0 aromatic carbocycles. The van der Waals surface area contributed by atoms with E-state index < -0.39 is 0 Å². The summed E-state index contributed by atoms with van der Waals surface area (Å²) < 4.78 is 0. The Hall–Kier alpha value is -0.860. The van der Waals surface area contributed by atoms with E-state index in [1.807, 2.05) is 27.7 Å². The largest absolute Gasteiger partial charge is 0.356 e. The number of nitrogens with one attached hydrogen (secondary N) is 1. The topological polar surface area (TPSA) is 46.2 Å². The lowest BCUT2D eigenvalue weighted by atomic mass is 10.0. The minimum atomic E-state index is 0.0239. The van der Waals surface area contributed by atoms with Gasteiger partial charge in [-0.25, -0.2) is 0 Å². The highest BCUT2D eigenvalue weighted by atomic mass is 16.1. The van der Waals surface area contributed by atoms with Crippen molar-refractivity contribution in [2.45, 2.75) is 40.5 Å². The van der Waals surface area contributed by atoms with Gasteiger partial charge in [0, 0.05) is 24.8 Å². The van der Waals surface area contributed by atoms with Crippen molar-refractivity contribution in [1.29, 1.82) is 0 Å². The molecule has 0 aliphatic rings. The molecule has 0 aromatic heterocycles. The molecule has 0 aliphatic heterocycles. The molecule has 0 bridgehead atoms. The molecule has 0 unspecified atom stereocenters. The van der Waals surface area contributed by atoms with Gasteiger partial charge < -0.3 is 5.32 Å². The third-order valence-electron chi connectivity index (χ3n) is 2.07. The lowest BCUT2D eigenvalue weighted by Gasteiger charge is -2.07. The van der Waals surface area contributed by atoms with Crippen LogP contribution in [0.2, 0.25) is 0 Å². The molecule has 1 amide bonds. The van der Waals surface area contributed by atoms with Crippen LogP contribution in [-0.4, -0.2) is 18.2 Å². The van der Waals surface area contributed by atoms with Crippen LogP contribution in [0, 0.1) is 11.8 Å². The molecule has 3 nitrogen and oxygen atoms in total. The average Bonchev–Trinajstić information content (AvgIpc) is 2.11. The quantitative estimate of drug-likeness (QED) is 0.663. The first-order chi connectivity index (χ1) is 6.45. The SMILES string of the molecule is CC(C)C(=O)CCCNC(=O)C(C)C. The summed E-state index contributed by atoms with van der Waals surface area (Å²) in [5, 5.41) is 2.79. The summed E-state index contributed by atoms with van der Waals surface area (Å²) in [6.45, 7) is 8.11. The van der Waals surface area contributed by atoms with Gasteiger partial charge in [0.2, 0.25) is 5.91 Å². The van der Waals surface area contributed by atoms with Gasteiger partial charge in [-0.1, -0.05) is 27.7 Å². The Morgan fingerprint density at radius 1 is 1.07 bits per heavy atom. The third-order valence-corrected chi connectivity index (χ3v) is 2.07. The maximum atomic E-state index is 11.2. The molecule has 3 heteroatoms. The predicted molar refractivity (Wildman–Crippen MR) is 56.9 cm³/mol. The summed E-state index contributed by atoms with van der Waals surface area (Å²) >= 11 is 0. The van der Waals surface area contributed by atoms with Gasteiger partial charge in [-0.15, -0.1) is 0 Å². The lowest BCUT2D eigenvalue weighted by Crippen LogP contribution is -2.29. The summed E-state index contributed by atoms with van der Waals surface area (Å²) in [6, 6.07) is 0. The minimum Gasteiger partial charge on any atom is -0.356 e. The number of ketones is 1. The van der Waals surface area contributed by atoms with E-state index >= 15 is 0 Å². The van der Waals surface area contributed by atoms with Crippen molar-refractivity contribution in [3.8, 4) is 0 Å². The number of Topliss-reactive ketones (excluding diaryl/α,β-unsaturated/α-hetero) is 1. The number of amides is 1. The molecule has 0 rings (SSSR count). The standard InChI is InChI=1S/C11H21NO2/c1-8(2)10(13)6-5-7-12-11(14)9(3)4/h8-9H,5-7H2,1-4H3,(H,12,14). The molecular weight excluding hydrogens is 178 g/mol. The maximum absolute atomic E-state index is 11.2. The zero-order valence-corrected chi connectivity index (χ0v) is 9.59. The molecule has 0 atom stereocenters. The molecule has 0 heterocycles. The second-order valence-electron chi connectivity index (χ2n) is 4.17. The molecule has 14 heavy (non-hydrogen) atoms. The highest BCUT2D eigenvalue weighted by Gasteiger charge is 2.08. The van der Waals surface area contributed by atoms with Crippen LogP contribution in [0.3, 0.4) is 0 Å². The second kappa shape index (κ2) is 6.57.